The molecule has 2 amide bonds. The van der Waals surface area contributed by atoms with Gasteiger partial charge in [-0.3, -0.25) is 9.59 Å². The van der Waals surface area contributed by atoms with Crippen LogP contribution in [-0.2, 0) is 20.9 Å². The summed E-state index contributed by atoms with van der Waals surface area (Å²) in [6, 6.07) is 6.30. The van der Waals surface area contributed by atoms with Crippen molar-refractivity contribution in [3.63, 3.8) is 0 Å². The zero-order valence-corrected chi connectivity index (χ0v) is 14.1. The average molecular weight is 332 g/mol. The van der Waals surface area contributed by atoms with E-state index in [1.54, 1.807) is 4.90 Å². The van der Waals surface area contributed by atoms with E-state index in [-0.39, 0.29) is 11.8 Å². The van der Waals surface area contributed by atoms with Gasteiger partial charge in [-0.15, -0.1) is 0 Å². The molecule has 6 heteroatoms. The van der Waals surface area contributed by atoms with Crippen LogP contribution in [-0.4, -0.2) is 39.9 Å². The summed E-state index contributed by atoms with van der Waals surface area (Å²) in [6.07, 6.45) is 1.78. The number of carbonyl (C=O) groups excluding carboxylic acids is 2. The minimum Gasteiger partial charge on any atom is -0.480 e. The van der Waals surface area contributed by atoms with Gasteiger partial charge in [-0.2, -0.15) is 0 Å². The summed E-state index contributed by atoms with van der Waals surface area (Å²) in [4.78, 5) is 37.4. The lowest BCUT2D eigenvalue weighted by Crippen LogP contribution is -2.49. The van der Waals surface area contributed by atoms with Crippen molar-refractivity contribution in [1.29, 1.82) is 0 Å². The molecule has 6 nitrogen and oxygen atoms in total. The number of amides is 2. The SMILES string of the molecule is CCCC(NC(=O)C1CCC(=O)N1Cc1ccc(C)cc1)C(=O)O. The third-order valence-electron chi connectivity index (χ3n) is 4.30. The van der Waals surface area contributed by atoms with Crippen molar-refractivity contribution in [2.24, 2.45) is 0 Å². The third-order valence-corrected chi connectivity index (χ3v) is 4.30. The van der Waals surface area contributed by atoms with Gasteiger partial charge in [0.05, 0.1) is 0 Å². The number of aryl methyl sites for hydroxylation is 1. The summed E-state index contributed by atoms with van der Waals surface area (Å²) in [6.45, 7) is 4.22. The molecular formula is C18H24N2O4. The molecule has 0 aromatic heterocycles. The highest BCUT2D eigenvalue weighted by Crippen LogP contribution is 2.22. The molecule has 0 saturated carbocycles. The van der Waals surface area contributed by atoms with Gasteiger partial charge in [0, 0.05) is 13.0 Å². The van der Waals surface area contributed by atoms with Gasteiger partial charge in [0.1, 0.15) is 12.1 Å². The molecule has 0 aliphatic carbocycles. The molecule has 0 spiro atoms. The molecule has 1 aromatic carbocycles. The highest BCUT2D eigenvalue weighted by atomic mass is 16.4. The van der Waals surface area contributed by atoms with Gasteiger partial charge in [0.25, 0.3) is 0 Å². The second kappa shape index (κ2) is 7.95. The summed E-state index contributed by atoms with van der Waals surface area (Å²) >= 11 is 0. The van der Waals surface area contributed by atoms with Crippen LogP contribution >= 0.6 is 0 Å². The van der Waals surface area contributed by atoms with E-state index in [0.29, 0.717) is 32.2 Å². The number of carboxylic acids is 1. The molecular weight excluding hydrogens is 308 g/mol. The minimum atomic E-state index is -1.04. The van der Waals surface area contributed by atoms with Crippen LogP contribution in [0.15, 0.2) is 24.3 Å². The van der Waals surface area contributed by atoms with Crippen LogP contribution in [0.4, 0.5) is 0 Å². The van der Waals surface area contributed by atoms with Crippen molar-refractivity contribution in [3.05, 3.63) is 35.4 Å². The number of hydrogen-bond acceptors (Lipinski definition) is 3. The van der Waals surface area contributed by atoms with Crippen LogP contribution in [0.1, 0.15) is 43.7 Å². The Morgan fingerprint density at radius 3 is 2.58 bits per heavy atom. The molecule has 2 rings (SSSR count). The van der Waals surface area contributed by atoms with E-state index in [1.807, 2.05) is 38.1 Å². The number of carbonyl (C=O) groups is 3. The zero-order valence-electron chi connectivity index (χ0n) is 14.1. The maximum absolute atomic E-state index is 12.5. The number of aliphatic carboxylic acids is 1. The smallest absolute Gasteiger partial charge is 0.326 e. The maximum Gasteiger partial charge on any atom is 0.326 e. The molecule has 2 unspecified atom stereocenters. The Kier molecular flexibility index (Phi) is 5.95. The van der Waals surface area contributed by atoms with Gasteiger partial charge in [-0.1, -0.05) is 43.2 Å². The summed E-state index contributed by atoms with van der Waals surface area (Å²) in [5, 5.41) is 11.8. The van der Waals surface area contributed by atoms with Crippen molar-refractivity contribution in [3.8, 4) is 0 Å². The van der Waals surface area contributed by atoms with Crippen molar-refractivity contribution >= 4 is 17.8 Å². The molecule has 24 heavy (non-hydrogen) atoms. The van der Waals surface area contributed by atoms with Crippen LogP contribution in [0.25, 0.3) is 0 Å². The van der Waals surface area contributed by atoms with E-state index < -0.39 is 18.1 Å². The summed E-state index contributed by atoms with van der Waals surface area (Å²) in [5.74, 6) is -1.49. The largest absolute Gasteiger partial charge is 0.480 e. The van der Waals surface area contributed by atoms with E-state index in [9.17, 15) is 19.5 Å². The van der Waals surface area contributed by atoms with Crippen molar-refractivity contribution in [1.82, 2.24) is 10.2 Å². The first kappa shape index (κ1) is 18.0. The predicted octanol–water partition coefficient (Wildman–Crippen LogP) is 1.86. The maximum atomic E-state index is 12.5. The first-order valence-corrected chi connectivity index (χ1v) is 8.30. The zero-order chi connectivity index (χ0) is 17.7. The number of likely N-dealkylation sites (tertiary alicyclic amines) is 1. The van der Waals surface area contributed by atoms with Crippen LogP contribution in [0, 0.1) is 6.92 Å². The van der Waals surface area contributed by atoms with Gasteiger partial charge in [-0.05, 0) is 25.3 Å². The normalized spacial score (nSPS) is 18.5. The molecule has 1 aliphatic rings. The Labute approximate surface area is 141 Å². The predicted molar refractivity (Wildman–Crippen MR) is 89.2 cm³/mol. The van der Waals surface area contributed by atoms with E-state index in [1.165, 1.54) is 0 Å². The number of carboxylic acid groups (broad SMARTS) is 1. The summed E-state index contributed by atoms with van der Waals surface area (Å²) < 4.78 is 0. The van der Waals surface area contributed by atoms with Crippen LogP contribution < -0.4 is 5.32 Å². The Bertz CT molecular complexity index is 612. The molecule has 2 N–H and O–H groups in total. The molecule has 1 aliphatic heterocycles. The van der Waals surface area contributed by atoms with Crippen molar-refractivity contribution < 1.29 is 19.5 Å². The second-order valence-electron chi connectivity index (χ2n) is 6.25. The van der Waals surface area contributed by atoms with Gasteiger partial charge >= 0.3 is 5.97 Å². The van der Waals surface area contributed by atoms with E-state index in [4.69, 9.17) is 0 Å². The summed E-state index contributed by atoms with van der Waals surface area (Å²) in [7, 11) is 0. The first-order chi connectivity index (χ1) is 11.4. The highest BCUT2D eigenvalue weighted by molar-refractivity contribution is 5.92. The van der Waals surface area contributed by atoms with Gasteiger partial charge in [0.15, 0.2) is 0 Å². The van der Waals surface area contributed by atoms with Gasteiger partial charge in [0.2, 0.25) is 11.8 Å². The molecule has 1 saturated heterocycles. The molecule has 1 aromatic rings. The molecule has 0 radical (unpaired) electrons. The van der Waals surface area contributed by atoms with E-state index >= 15 is 0 Å². The number of nitrogens with one attached hydrogen (secondary N) is 1. The number of hydrogen-bond donors (Lipinski definition) is 2. The molecule has 1 fully saturated rings. The Balaban J connectivity index is 2.07. The lowest BCUT2D eigenvalue weighted by Gasteiger charge is -2.25. The second-order valence-corrected chi connectivity index (χ2v) is 6.25. The molecule has 2 atom stereocenters. The lowest BCUT2D eigenvalue weighted by molar-refractivity contribution is -0.143. The van der Waals surface area contributed by atoms with Gasteiger partial charge < -0.3 is 15.3 Å². The summed E-state index contributed by atoms with van der Waals surface area (Å²) in [5.41, 5.74) is 2.08. The van der Waals surface area contributed by atoms with E-state index in [0.717, 1.165) is 11.1 Å². The lowest BCUT2D eigenvalue weighted by atomic mass is 10.1. The number of rotatable bonds is 7. The number of benzene rings is 1. The fourth-order valence-corrected chi connectivity index (χ4v) is 2.91. The van der Waals surface area contributed by atoms with Crippen LogP contribution in [0.5, 0.6) is 0 Å². The van der Waals surface area contributed by atoms with Crippen molar-refractivity contribution in [2.75, 3.05) is 0 Å². The Morgan fingerprint density at radius 1 is 1.33 bits per heavy atom. The van der Waals surface area contributed by atoms with E-state index in [2.05, 4.69) is 5.32 Å². The quantitative estimate of drug-likeness (QED) is 0.798. The van der Waals surface area contributed by atoms with Crippen LogP contribution in [0.3, 0.4) is 0 Å². The minimum absolute atomic E-state index is 0.0712. The monoisotopic (exact) mass is 332 g/mol. The third kappa shape index (κ3) is 4.34. The topological polar surface area (TPSA) is 86.7 Å². The number of nitrogens with zero attached hydrogens (tertiary/aromatic N) is 1. The average Bonchev–Trinajstić information content (AvgIpc) is 2.90. The molecule has 0 bridgehead atoms. The van der Waals surface area contributed by atoms with Crippen molar-refractivity contribution in [2.45, 2.75) is 58.2 Å². The highest BCUT2D eigenvalue weighted by Gasteiger charge is 2.37. The van der Waals surface area contributed by atoms with Crippen LogP contribution in [0.2, 0.25) is 0 Å². The van der Waals surface area contributed by atoms with Gasteiger partial charge in [-0.25, -0.2) is 4.79 Å². The fourth-order valence-electron chi connectivity index (χ4n) is 2.91. The first-order valence-electron chi connectivity index (χ1n) is 8.30. The standard InChI is InChI=1S/C18H24N2O4/c1-3-4-14(18(23)24)19-17(22)15-9-10-16(21)20(15)11-13-7-5-12(2)6-8-13/h5-8,14-15H,3-4,9-11H2,1-2H3,(H,19,22)(H,23,24). The Morgan fingerprint density at radius 2 is 2.00 bits per heavy atom. The fraction of sp³-hybridized carbons (Fsp3) is 0.500. The molecule has 130 valence electrons. The molecule has 1 heterocycles. The Hall–Kier alpha value is -2.37.